The Balaban J connectivity index is 2.48. The summed E-state index contributed by atoms with van der Waals surface area (Å²) < 4.78 is 4.68. The molecule has 0 radical (unpaired) electrons. The molecule has 4 heteroatoms. The van der Waals surface area contributed by atoms with Gasteiger partial charge in [-0.15, -0.1) is 0 Å². The minimum absolute atomic E-state index is 0.109. The van der Waals surface area contributed by atoms with Crippen LogP contribution in [0.25, 0.3) is 10.8 Å². The summed E-state index contributed by atoms with van der Waals surface area (Å²) in [6, 6.07) is 14.7. The standard InChI is InChI=1S/C16H13NO3/c1-2-20-16(19)15(18)14(10-17)13-9-5-7-11-6-3-4-8-12(11)13/h3-9,14H,2H2,1H3. The van der Waals surface area contributed by atoms with Gasteiger partial charge in [-0.05, 0) is 23.3 Å². The van der Waals surface area contributed by atoms with Gasteiger partial charge in [0.15, 0.2) is 0 Å². The van der Waals surface area contributed by atoms with E-state index in [0.717, 1.165) is 10.8 Å². The normalized spacial score (nSPS) is 11.6. The van der Waals surface area contributed by atoms with Crippen molar-refractivity contribution in [2.24, 2.45) is 0 Å². The highest BCUT2D eigenvalue weighted by molar-refractivity contribution is 6.36. The Bertz CT molecular complexity index is 695. The van der Waals surface area contributed by atoms with E-state index >= 15 is 0 Å². The molecule has 1 unspecified atom stereocenters. The molecule has 2 aromatic rings. The summed E-state index contributed by atoms with van der Waals surface area (Å²) in [6.45, 7) is 1.72. The number of rotatable bonds is 4. The van der Waals surface area contributed by atoms with Gasteiger partial charge in [-0.3, -0.25) is 4.79 Å². The lowest BCUT2D eigenvalue weighted by atomic mass is 9.91. The molecule has 0 heterocycles. The second-order valence-corrected chi connectivity index (χ2v) is 4.22. The number of Topliss-reactive ketones (excluding diaryl/α,β-unsaturated/α-hetero) is 1. The van der Waals surface area contributed by atoms with Crippen LogP contribution in [0.5, 0.6) is 0 Å². The highest BCUT2D eigenvalue weighted by atomic mass is 16.5. The van der Waals surface area contributed by atoms with Crippen molar-refractivity contribution >= 4 is 22.5 Å². The topological polar surface area (TPSA) is 67.2 Å². The quantitative estimate of drug-likeness (QED) is 0.630. The SMILES string of the molecule is CCOC(=O)C(=O)C(C#N)c1cccc2ccccc12. The largest absolute Gasteiger partial charge is 0.460 e. The Morgan fingerprint density at radius 1 is 1.20 bits per heavy atom. The van der Waals surface area contributed by atoms with E-state index in [9.17, 15) is 14.9 Å². The zero-order chi connectivity index (χ0) is 14.5. The first kappa shape index (κ1) is 13.8. The lowest BCUT2D eigenvalue weighted by Gasteiger charge is -2.10. The maximum Gasteiger partial charge on any atom is 0.376 e. The predicted molar refractivity (Wildman–Crippen MR) is 73.9 cm³/mol. The monoisotopic (exact) mass is 267 g/mol. The summed E-state index contributed by atoms with van der Waals surface area (Å²) in [5, 5.41) is 11.0. The van der Waals surface area contributed by atoms with Crippen LogP contribution >= 0.6 is 0 Å². The van der Waals surface area contributed by atoms with E-state index in [2.05, 4.69) is 4.74 Å². The molecule has 0 fully saturated rings. The molecule has 20 heavy (non-hydrogen) atoms. The zero-order valence-corrected chi connectivity index (χ0v) is 11.0. The maximum atomic E-state index is 12.0. The van der Waals surface area contributed by atoms with E-state index in [0.29, 0.717) is 5.56 Å². The van der Waals surface area contributed by atoms with Crippen LogP contribution in [0.1, 0.15) is 18.4 Å². The van der Waals surface area contributed by atoms with Crippen molar-refractivity contribution in [3.8, 4) is 6.07 Å². The second kappa shape index (κ2) is 5.98. The number of hydrogen-bond donors (Lipinski definition) is 0. The first-order valence-corrected chi connectivity index (χ1v) is 6.27. The Kier molecular flexibility index (Phi) is 4.11. The molecule has 100 valence electrons. The number of carbonyl (C=O) groups excluding carboxylic acids is 2. The summed E-state index contributed by atoms with van der Waals surface area (Å²) in [4.78, 5) is 23.5. The molecule has 0 aliphatic heterocycles. The van der Waals surface area contributed by atoms with Gasteiger partial charge in [0.2, 0.25) is 0 Å². The van der Waals surface area contributed by atoms with Crippen LogP contribution < -0.4 is 0 Å². The van der Waals surface area contributed by atoms with Crippen LogP contribution in [0.4, 0.5) is 0 Å². The number of ketones is 1. The molecule has 0 aromatic heterocycles. The molecule has 0 aliphatic carbocycles. The van der Waals surface area contributed by atoms with E-state index in [1.807, 2.05) is 36.4 Å². The van der Waals surface area contributed by atoms with E-state index in [-0.39, 0.29) is 6.61 Å². The number of carbonyl (C=O) groups is 2. The fraction of sp³-hybridized carbons (Fsp3) is 0.188. The van der Waals surface area contributed by atoms with E-state index in [4.69, 9.17) is 0 Å². The van der Waals surface area contributed by atoms with Gasteiger partial charge in [0.05, 0.1) is 12.7 Å². The molecule has 4 nitrogen and oxygen atoms in total. The van der Waals surface area contributed by atoms with Crippen molar-refractivity contribution in [1.29, 1.82) is 5.26 Å². The van der Waals surface area contributed by atoms with Crippen LogP contribution in [-0.2, 0) is 14.3 Å². The van der Waals surface area contributed by atoms with Gasteiger partial charge in [-0.1, -0.05) is 42.5 Å². The van der Waals surface area contributed by atoms with E-state index < -0.39 is 17.7 Å². The highest BCUT2D eigenvalue weighted by Crippen LogP contribution is 2.26. The minimum Gasteiger partial charge on any atom is -0.460 e. The smallest absolute Gasteiger partial charge is 0.376 e. The number of nitrogens with zero attached hydrogens (tertiary/aromatic N) is 1. The number of ether oxygens (including phenoxy) is 1. The summed E-state index contributed by atoms with van der Waals surface area (Å²) in [6.07, 6.45) is 0. The van der Waals surface area contributed by atoms with Crippen LogP contribution in [0.3, 0.4) is 0 Å². The van der Waals surface area contributed by atoms with Gasteiger partial charge in [0.1, 0.15) is 5.92 Å². The highest BCUT2D eigenvalue weighted by Gasteiger charge is 2.29. The molecule has 0 saturated heterocycles. The molecule has 0 bridgehead atoms. The van der Waals surface area contributed by atoms with Crippen molar-refractivity contribution in [2.75, 3.05) is 6.61 Å². The van der Waals surface area contributed by atoms with Crippen molar-refractivity contribution in [2.45, 2.75) is 12.8 Å². The number of hydrogen-bond acceptors (Lipinski definition) is 4. The van der Waals surface area contributed by atoms with Crippen LogP contribution in [-0.4, -0.2) is 18.4 Å². The summed E-state index contributed by atoms with van der Waals surface area (Å²) in [7, 11) is 0. The number of nitriles is 1. The van der Waals surface area contributed by atoms with Gasteiger partial charge < -0.3 is 4.74 Å². The van der Waals surface area contributed by atoms with E-state index in [1.54, 1.807) is 19.1 Å². The molecule has 2 aromatic carbocycles. The van der Waals surface area contributed by atoms with Crippen molar-refractivity contribution in [3.05, 3.63) is 48.0 Å². The first-order chi connectivity index (χ1) is 9.69. The molecular formula is C16H13NO3. The molecule has 0 N–H and O–H groups in total. The zero-order valence-electron chi connectivity index (χ0n) is 11.0. The predicted octanol–water partition coefficient (Wildman–Crippen LogP) is 2.58. The molecule has 0 aliphatic rings. The fourth-order valence-corrected chi connectivity index (χ4v) is 2.09. The van der Waals surface area contributed by atoms with Gasteiger partial charge in [0.25, 0.3) is 5.78 Å². The van der Waals surface area contributed by atoms with Gasteiger partial charge in [-0.25, -0.2) is 4.79 Å². The molecular weight excluding hydrogens is 254 g/mol. The fourth-order valence-electron chi connectivity index (χ4n) is 2.09. The average molecular weight is 267 g/mol. The third-order valence-electron chi connectivity index (χ3n) is 3.00. The van der Waals surface area contributed by atoms with E-state index in [1.165, 1.54) is 0 Å². The molecule has 0 saturated carbocycles. The Morgan fingerprint density at radius 2 is 1.90 bits per heavy atom. The minimum atomic E-state index is -1.14. The van der Waals surface area contributed by atoms with Crippen molar-refractivity contribution < 1.29 is 14.3 Å². The second-order valence-electron chi connectivity index (χ2n) is 4.22. The third-order valence-corrected chi connectivity index (χ3v) is 3.00. The molecule has 2 rings (SSSR count). The maximum absolute atomic E-state index is 12.0. The number of esters is 1. The van der Waals surface area contributed by atoms with Gasteiger partial charge >= 0.3 is 5.97 Å². The first-order valence-electron chi connectivity index (χ1n) is 6.27. The van der Waals surface area contributed by atoms with Crippen LogP contribution in [0.2, 0.25) is 0 Å². The lowest BCUT2D eigenvalue weighted by Crippen LogP contribution is -2.23. The van der Waals surface area contributed by atoms with Crippen molar-refractivity contribution in [1.82, 2.24) is 0 Å². The molecule has 0 spiro atoms. The summed E-state index contributed by atoms with van der Waals surface area (Å²) in [5.74, 6) is -2.93. The lowest BCUT2D eigenvalue weighted by molar-refractivity contribution is -0.153. The molecule has 1 atom stereocenters. The Hall–Kier alpha value is -2.67. The number of benzene rings is 2. The van der Waals surface area contributed by atoms with Crippen molar-refractivity contribution in [3.63, 3.8) is 0 Å². The summed E-state index contributed by atoms with van der Waals surface area (Å²) >= 11 is 0. The third kappa shape index (κ3) is 2.52. The summed E-state index contributed by atoms with van der Waals surface area (Å²) in [5.41, 5.74) is 0.531. The number of fused-ring (bicyclic) bond motifs is 1. The van der Waals surface area contributed by atoms with Gasteiger partial charge in [-0.2, -0.15) is 5.26 Å². The molecule has 0 amide bonds. The van der Waals surface area contributed by atoms with Crippen LogP contribution in [0, 0.1) is 11.3 Å². The Morgan fingerprint density at radius 3 is 2.60 bits per heavy atom. The van der Waals surface area contributed by atoms with Gasteiger partial charge in [0, 0.05) is 0 Å². The average Bonchev–Trinajstić information content (AvgIpc) is 2.48. The van der Waals surface area contributed by atoms with Crippen LogP contribution in [0.15, 0.2) is 42.5 Å². The Labute approximate surface area is 116 Å².